The number of fused-ring (bicyclic) bond motifs is 4. The Labute approximate surface area is 320 Å². The van der Waals surface area contributed by atoms with Crippen molar-refractivity contribution in [2.45, 2.75) is 84.2 Å². The summed E-state index contributed by atoms with van der Waals surface area (Å²) >= 11 is 0. The molecule has 7 rings (SSSR count). The minimum absolute atomic E-state index is 0.0934. The van der Waals surface area contributed by atoms with Crippen LogP contribution >= 0.6 is 0 Å². The monoisotopic (exact) mass is 712 g/mol. The molecule has 0 aromatic heterocycles. The molecule has 3 atom stereocenters. The van der Waals surface area contributed by atoms with Crippen molar-refractivity contribution in [1.29, 1.82) is 10.5 Å². The Hall–Kier alpha value is -5.36. The molecule has 274 valence electrons. The molecule has 0 saturated heterocycles. The lowest BCUT2D eigenvalue weighted by Crippen LogP contribution is -2.42. The predicted octanol–water partition coefficient (Wildman–Crippen LogP) is 11.9. The summed E-state index contributed by atoms with van der Waals surface area (Å²) < 4.78 is 0. The molecule has 5 heteroatoms. The maximum atomic E-state index is 12.5. The highest BCUT2D eigenvalue weighted by molar-refractivity contribution is 6.07. The lowest BCUT2D eigenvalue weighted by molar-refractivity contribution is 0.0871. The molecule has 1 saturated carbocycles. The van der Waals surface area contributed by atoms with Gasteiger partial charge in [-0.3, -0.25) is 0 Å². The first-order valence-corrected chi connectivity index (χ1v) is 20.1. The first-order chi connectivity index (χ1) is 26.5. The molecule has 1 N–H and O–H groups in total. The Balaban J connectivity index is 1.42. The van der Waals surface area contributed by atoms with Crippen molar-refractivity contribution < 1.29 is 5.11 Å². The quantitative estimate of drug-likeness (QED) is 0.0691. The summed E-state index contributed by atoms with van der Waals surface area (Å²) in [7, 11) is 0. The molecule has 54 heavy (non-hydrogen) atoms. The van der Waals surface area contributed by atoms with Crippen LogP contribution < -0.4 is 9.80 Å². The van der Waals surface area contributed by atoms with Gasteiger partial charge in [-0.05, 0) is 112 Å². The number of hydrogen-bond acceptors (Lipinski definition) is 5. The number of unbranched alkanes of at least 4 members (excludes halogenated alkanes) is 4. The third kappa shape index (κ3) is 6.68. The number of aliphatic hydroxyl groups is 1. The van der Waals surface area contributed by atoms with E-state index in [-0.39, 0.29) is 5.57 Å². The lowest BCUT2D eigenvalue weighted by Gasteiger charge is -2.46. The SMILES string of the molecule is CCCCCN(CCCCC)c1ccc(C2C(=C(C#N)C#N)C(c3ccc(N(CC)CC)c4cc5ccccc5cc34)C2O)c2cc3ccccc3cc12. The van der Waals surface area contributed by atoms with Crippen LogP contribution in [0, 0.1) is 22.7 Å². The first-order valence-electron chi connectivity index (χ1n) is 20.1. The zero-order valence-corrected chi connectivity index (χ0v) is 32.3. The zero-order chi connectivity index (χ0) is 37.8. The molecular formula is C49H52N4O. The van der Waals surface area contributed by atoms with Gasteiger partial charge in [-0.2, -0.15) is 10.5 Å². The molecule has 1 fully saturated rings. The molecule has 0 amide bonds. The highest BCUT2D eigenvalue weighted by atomic mass is 16.3. The van der Waals surface area contributed by atoms with Crippen LogP contribution in [0.3, 0.4) is 0 Å². The van der Waals surface area contributed by atoms with E-state index in [1.54, 1.807) is 0 Å². The Bertz CT molecular complexity index is 2400. The van der Waals surface area contributed by atoms with Gasteiger partial charge in [0.15, 0.2) is 0 Å². The van der Waals surface area contributed by atoms with E-state index in [4.69, 9.17) is 0 Å². The van der Waals surface area contributed by atoms with Crippen LogP contribution in [0.2, 0.25) is 0 Å². The number of rotatable bonds is 14. The van der Waals surface area contributed by atoms with Gasteiger partial charge in [0.05, 0.1) is 6.10 Å². The fraction of sp³-hybridized carbons (Fsp3) is 0.347. The Morgan fingerprint density at radius 1 is 0.556 bits per heavy atom. The summed E-state index contributed by atoms with van der Waals surface area (Å²) in [4.78, 5) is 4.92. The molecule has 0 radical (unpaired) electrons. The number of anilines is 2. The summed E-state index contributed by atoms with van der Waals surface area (Å²) in [6, 6.07) is 39.1. The molecule has 1 aliphatic carbocycles. The van der Waals surface area contributed by atoms with Crippen LogP contribution in [0.15, 0.2) is 108 Å². The van der Waals surface area contributed by atoms with Crippen molar-refractivity contribution in [3.05, 3.63) is 119 Å². The van der Waals surface area contributed by atoms with Gasteiger partial charge in [0.25, 0.3) is 0 Å². The molecule has 0 spiro atoms. The van der Waals surface area contributed by atoms with Gasteiger partial charge in [-0.15, -0.1) is 0 Å². The van der Waals surface area contributed by atoms with Crippen LogP contribution in [0.25, 0.3) is 43.1 Å². The molecule has 5 nitrogen and oxygen atoms in total. The highest BCUT2D eigenvalue weighted by Gasteiger charge is 2.49. The summed E-state index contributed by atoms with van der Waals surface area (Å²) in [6.45, 7) is 12.6. The normalized spacial score (nSPS) is 16.7. The van der Waals surface area contributed by atoms with Gasteiger partial charge in [0, 0.05) is 60.2 Å². The Morgan fingerprint density at radius 3 is 1.35 bits per heavy atom. The summed E-state index contributed by atoms with van der Waals surface area (Å²) in [6.07, 6.45) is 6.19. The second-order valence-corrected chi connectivity index (χ2v) is 14.9. The minimum atomic E-state index is -0.823. The van der Waals surface area contributed by atoms with Crippen molar-refractivity contribution in [3.8, 4) is 12.1 Å². The van der Waals surface area contributed by atoms with Crippen LogP contribution in [-0.4, -0.2) is 37.4 Å². The van der Waals surface area contributed by atoms with E-state index in [0.29, 0.717) is 5.57 Å². The van der Waals surface area contributed by atoms with E-state index in [1.165, 1.54) is 36.8 Å². The molecule has 6 aromatic rings. The van der Waals surface area contributed by atoms with Gasteiger partial charge >= 0.3 is 0 Å². The second kappa shape index (κ2) is 16.3. The summed E-state index contributed by atoms with van der Waals surface area (Å²) in [5, 5.41) is 42.4. The van der Waals surface area contributed by atoms with Gasteiger partial charge in [0.2, 0.25) is 0 Å². The molecule has 6 aromatic carbocycles. The Kier molecular flexibility index (Phi) is 11.2. The van der Waals surface area contributed by atoms with Gasteiger partial charge in [-0.25, -0.2) is 0 Å². The fourth-order valence-electron chi connectivity index (χ4n) is 9.00. The molecule has 3 unspecified atom stereocenters. The van der Waals surface area contributed by atoms with E-state index < -0.39 is 17.9 Å². The second-order valence-electron chi connectivity index (χ2n) is 14.9. The fourth-order valence-corrected chi connectivity index (χ4v) is 9.00. The minimum Gasteiger partial charge on any atom is -0.391 e. The van der Waals surface area contributed by atoms with E-state index in [1.807, 2.05) is 0 Å². The molecule has 0 aliphatic heterocycles. The maximum absolute atomic E-state index is 12.5. The van der Waals surface area contributed by atoms with Crippen LogP contribution in [0.5, 0.6) is 0 Å². The van der Waals surface area contributed by atoms with Crippen LogP contribution in [0.4, 0.5) is 11.4 Å². The van der Waals surface area contributed by atoms with Gasteiger partial charge in [0.1, 0.15) is 17.7 Å². The van der Waals surface area contributed by atoms with E-state index in [0.717, 1.165) is 93.5 Å². The van der Waals surface area contributed by atoms with E-state index >= 15 is 0 Å². The summed E-state index contributed by atoms with van der Waals surface area (Å²) in [5.74, 6) is -0.984. The molecular weight excluding hydrogens is 661 g/mol. The van der Waals surface area contributed by atoms with Gasteiger partial charge < -0.3 is 14.9 Å². The number of nitriles is 2. The topological polar surface area (TPSA) is 74.3 Å². The largest absolute Gasteiger partial charge is 0.391 e. The van der Waals surface area contributed by atoms with E-state index in [2.05, 4.69) is 147 Å². The molecule has 1 aliphatic rings. The lowest BCUT2D eigenvalue weighted by atomic mass is 9.59. The predicted molar refractivity (Wildman–Crippen MR) is 227 cm³/mol. The van der Waals surface area contributed by atoms with Crippen molar-refractivity contribution in [3.63, 3.8) is 0 Å². The molecule has 0 heterocycles. The first kappa shape index (κ1) is 37.0. The number of nitrogens with zero attached hydrogens (tertiary/aromatic N) is 4. The summed E-state index contributed by atoms with van der Waals surface area (Å²) in [5.41, 5.74) is 5.10. The standard InChI is InChI=1S/C49H52N4O/c1-5-9-15-25-53(26-16-10-6-2)45-24-22-39(41-28-34-18-12-14-20-36(34)30-43(41)45)48-46(37(31-50)32-51)47(49(48)54)38-21-23-44(52(7-3)8-4)42-29-35-19-13-11-17-33(35)27-40(38)42/h11-14,17-24,27-30,47-49,54H,5-10,15-16,25-26H2,1-4H3. The van der Waals surface area contributed by atoms with Crippen molar-refractivity contribution >= 4 is 54.5 Å². The van der Waals surface area contributed by atoms with Crippen molar-refractivity contribution in [2.75, 3.05) is 36.0 Å². The van der Waals surface area contributed by atoms with Crippen LogP contribution in [0.1, 0.15) is 89.2 Å². The number of hydrogen-bond donors (Lipinski definition) is 1. The van der Waals surface area contributed by atoms with Crippen molar-refractivity contribution in [2.24, 2.45) is 0 Å². The smallest absolute Gasteiger partial charge is 0.130 e. The van der Waals surface area contributed by atoms with E-state index in [9.17, 15) is 15.6 Å². The maximum Gasteiger partial charge on any atom is 0.130 e. The third-order valence-corrected chi connectivity index (χ3v) is 11.8. The van der Waals surface area contributed by atoms with Crippen LogP contribution in [-0.2, 0) is 0 Å². The highest BCUT2D eigenvalue weighted by Crippen LogP contribution is 2.57. The average Bonchev–Trinajstić information content (AvgIpc) is 3.20. The number of allylic oxidation sites excluding steroid dienone is 1. The number of benzene rings is 6. The van der Waals surface area contributed by atoms with Crippen molar-refractivity contribution in [1.82, 2.24) is 0 Å². The Morgan fingerprint density at radius 2 is 0.963 bits per heavy atom. The molecule has 0 bridgehead atoms. The zero-order valence-electron chi connectivity index (χ0n) is 32.3. The average molecular weight is 713 g/mol. The number of aliphatic hydroxyl groups excluding tert-OH is 1. The third-order valence-electron chi connectivity index (χ3n) is 11.8. The van der Waals surface area contributed by atoms with Gasteiger partial charge in [-0.1, -0.05) is 100 Å².